The summed E-state index contributed by atoms with van der Waals surface area (Å²) < 4.78 is 6.17. The maximum absolute atomic E-state index is 14.0. The van der Waals surface area contributed by atoms with Crippen molar-refractivity contribution in [1.82, 2.24) is 30.7 Å². The van der Waals surface area contributed by atoms with Gasteiger partial charge in [0.2, 0.25) is 29.5 Å². The molecule has 260 valence electrons. The molecule has 4 rings (SSSR count). The van der Waals surface area contributed by atoms with Crippen molar-refractivity contribution in [1.29, 1.82) is 0 Å². The first kappa shape index (κ1) is 35.9. The number of hydrogen-bond donors (Lipinski definition) is 5. The van der Waals surface area contributed by atoms with E-state index in [1.165, 1.54) is 22.8 Å². The fraction of sp³-hybridized carbons (Fsp3) is 0.545. The number of amides is 5. The molecule has 0 aliphatic carbocycles. The molecule has 2 aromatic rings. The van der Waals surface area contributed by atoms with Crippen LogP contribution in [-0.4, -0.2) is 100 Å². The van der Waals surface area contributed by atoms with E-state index in [-0.39, 0.29) is 37.6 Å². The summed E-state index contributed by atoms with van der Waals surface area (Å²) in [6.45, 7) is 7.34. The monoisotopic (exact) mass is 668 g/mol. The van der Waals surface area contributed by atoms with Crippen LogP contribution in [0, 0.1) is 11.8 Å². The molecule has 48 heavy (non-hydrogen) atoms. The summed E-state index contributed by atoms with van der Waals surface area (Å²) in [5.74, 6) is -5.33. The SMILES string of the molecule is COC(=O)n1cc(C[C@H]2NC(=O)[C@H](CC(C)C)NC(=O)[C@@H](C(C)C)NC(=O)[C@@H]3CCCN3C(=O)[C@H](CC(=O)O)NC2=O)c2ccccc21. The first-order chi connectivity index (χ1) is 22.7. The quantitative estimate of drug-likeness (QED) is 0.284. The van der Waals surface area contributed by atoms with Crippen molar-refractivity contribution >= 4 is 52.5 Å². The van der Waals surface area contributed by atoms with Crippen LogP contribution in [0.15, 0.2) is 30.5 Å². The second kappa shape index (κ2) is 15.3. The van der Waals surface area contributed by atoms with E-state index in [9.17, 15) is 38.7 Å². The Balaban J connectivity index is 1.81. The summed E-state index contributed by atoms with van der Waals surface area (Å²) in [5, 5.41) is 21.0. The Morgan fingerprint density at radius 1 is 0.896 bits per heavy atom. The maximum Gasteiger partial charge on any atom is 0.418 e. The third-order valence-corrected chi connectivity index (χ3v) is 8.64. The molecule has 0 unspecified atom stereocenters. The summed E-state index contributed by atoms with van der Waals surface area (Å²) >= 11 is 0. The van der Waals surface area contributed by atoms with E-state index in [2.05, 4.69) is 21.3 Å². The summed E-state index contributed by atoms with van der Waals surface area (Å²) in [6.07, 6.45) is 0.793. The number of ether oxygens (including phenoxy) is 1. The number of aliphatic carboxylic acids is 1. The molecule has 0 radical (unpaired) electrons. The average Bonchev–Trinajstić information content (AvgIpc) is 3.66. The number of fused-ring (bicyclic) bond motifs is 2. The van der Waals surface area contributed by atoms with Gasteiger partial charge >= 0.3 is 12.1 Å². The Morgan fingerprint density at radius 2 is 1.54 bits per heavy atom. The molecule has 15 nitrogen and oxygen atoms in total. The van der Waals surface area contributed by atoms with Gasteiger partial charge in [-0.25, -0.2) is 4.79 Å². The van der Waals surface area contributed by atoms with E-state index in [0.29, 0.717) is 22.9 Å². The molecule has 2 aliphatic heterocycles. The average molecular weight is 669 g/mol. The first-order valence-electron chi connectivity index (χ1n) is 16.1. The number of hydrogen-bond acceptors (Lipinski definition) is 8. The Morgan fingerprint density at radius 3 is 2.19 bits per heavy atom. The van der Waals surface area contributed by atoms with Crippen molar-refractivity contribution in [2.24, 2.45) is 11.8 Å². The van der Waals surface area contributed by atoms with E-state index in [1.54, 1.807) is 38.1 Å². The Labute approximate surface area is 278 Å². The highest BCUT2D eigenvalue weighted by molar-refractivity contribution is 5.99. The maximum atomic E-state index is 14.0. The van der Waals surface area contributed by atoms with Gasteiger partial charge in [0.15, 0.2) is 0 Å². The number of benzene rings is 1. The van der Waals surface area contributed by atoms with Crippen LogP contribution < -0.4 is 21.3 Å². The summed E-state index contributed by atoms with van der Waals surface area (Å²) in [6, 6.07) is 0.820. The molecule has 5 amide bonds. The molecule has 0 bridgehead atoms. The van der Waals surface area contributed by atoms with Gasteiger partial charge < -0.3 is 36.0 Å². The molecule has 0 saturated carbocycles. The third-order valence-electron chi connectivity index (χ3n) is 8.64. The van der Waals surface area contributed by atoms with Crippen LogP contribution in [0.25, 0.3) is 10.9 Å². The number of methoxy groups -OCH3 is 1. The molecule has 1 aromatic heterocycles. The van der Waals surface area contributed by atoms with Crippen molar-refractivity contribution in [2.75, 3.05) is 13.7 Å². The zero-order chi connectivity index (χ0) is 35.3. The number of carbonyl (C=O) groups excluding carboxylic acids is 6. The number of aromatic nitrogens is 1. The lowest BCUT2D eigenvalue weighted by molar-refractivity contribution is -0.146. The van der Waals surface area contributed by atoms with Crippen LogP contribution in [0.3, 0.4) is 0 Å². The molecule has 15 heteroatoms. The van der Waals surface area contributed by atoms with Crippen molar-refractivity contribution in [2.45, 2.75) is 90.0 Å². The van der Waals surface area contributed by atoms with E-state index >= 15 is 0 Å². The second-order valence-corrected chi connectivity index (χ2v) is 13.0. The van der Waals surface area contributed by atoms with Crippen molar-refractivity contribution in [3.8, 4) is 0 Å². The Kier molecular flexibility index (Phi) is 11.4. The zero-order valence-corrected chi connectivity index (χ0v) is 27.8. The lowest BCUT2D eigenvalue weighted by Gasteiger charge is -2.30. The van der Waals surface area contributed by atoms with E-state index < -0.39 is 78.2 Å². The summed E-state index contributed by atoms with van der Waals surface area (Å²) in [5.41, 5.74) is 0.971. The van der Waals surface area contributed by atoms with Gasteiger partial charge in [0.1, 0.15) is 30.2 Å². The highest BCUT2D eigenvalue weighted by Gasteiger charge is 2.41. The number of nitrogens with one attached hydrogen (secondary N) is 4. The largest absolute Gasteiger partial charge is 0.481 e. The molecule has 2 saturated heterocycles. The molecule has 2 aliphatic rings. The molecular weight excluding hydrogens is 624 g/mol. The second-order valence-electron chi connectivity index (χ2n) is 13.0. The predicted molar refractivity (Wildman–Crippen MR) is 172 cm³/mol. The fourth-order valence-electron chi connectivity index (χ4n) is 6.26. The van der Waals surface area contributed by atoms with Gasteiger partial charge in [-0.2, -0.15) is 0 Å². The minimum Gasteiger partial charge on any atom is -0.481 e. The van der Waals surface area contributed by atoms with Gasteiger partial charge in [-0.1, -0.05) is 45.9 Å². The van der Waals surface area contributed by atoms with Crippen LogP contribution in [0.1, 0.15) is 58.9 Å². The number of para-hydroxylation sites is 1. The first-order valence-corrected chi connectivity index (χ1v) is 16.1. The fourth-order valence-corrected chi connectivity index (χ4v) is 6.26. The Bertz CT molecular complexity index is 1580. The molecular formula is C33H44N6O9. The highest BCUT2D eigenvalue weighted by Crippen LogP contribution is 2.24. The van der Waals surface area contributed by atoms with Gasteiger partial charge in [0.25, 0.3) is 0 Å². The number of carboxylic acids is 1. The van der Waals surface area contributed by atoms with Gasteiger partial charge in [-0.3, -0.25) is 33.3 Å². The molecule has 2 fully saturated rings. The van der Waals surface area contributed by atoms with Crippen molar-refractivity contribution < 1.29 is 43.4 Å². The zero-order valence-electron chi connectivity index (χ0n) is 27.8. The van der Waals surface area contributed by atoms with Gasteiger partial charge in [0.05, 0.1) is 19.0 Å². The number of rotatable bonds is 7. The van der Waals surface area contributed by atoms with E-state index in [4.69, 9.17) is 4.74 Å². The third kappa shape index (κ3) is 8.12. The number of carbonyl (C=O) groups is 7. The topological polar surface area (TPSA) is 205 Å². The van der Waals surface area contributed by atoms with Crippen LogP contribution in [0.4, 0.5) is 4.79 Å². The normalized spacial score (nSPS) is 24.4. The van der Waals surface area contributed by atoms with E-state index in [0.717, 1.165) is 0 Å². The standard InChI is InChI=1S/C33H44N6O9/c1-17(2)13-21-28(42)34-22(14-19-16-39(33(47)48-5)24-10-7-6-9-20(19)24)29(43)36-23(15-26(40)41)32(46)38-12-8-11-25(38)30(44)37-27(18(3)4)31(45)35-21/h6-7,9-10,16-18,21-23,25,27H,8,11-15H2,1-5H3,(H,34,42)(H,35,45)(H,36,43)(H,37,44)(H,40,41)/t21-,22+,23-,25-,27+/m0/s1. The smallest absolute Gasteiger partial charge is 0.418 e. The van der Waals surface area contributed by atoms with Gasteiger partial charge in [0, 0.05) is 24.5 Å². The highest BCUT2D eigenvalue weighted by atomic mass is 16.5. The molecule has 0 spiro atoms. The molecule has 5 N–H and O–H groups in total. The van der Waals surface area contributed by atoms with Gasteiger partial charge in [-0.05, 0) is 42.7 Å². The van der Waals surface area contributed by atoms with Crippen LogP contribution in [0.2, 0.25) is 0 Å². The summed E-state index contributed by atoms with van der Waals surface area (Å²) in [4.78, 5) is 94.5. The molecule has 1 aromatic carbocycles. The molecule has 3 heterocycles. The lowest BCUT2D eigenvalue weighted by atomic mass is 9.98. The van der Waals surface area contributed by atoms with Crippen LogP contribution in [0.5, 0.6) is 0 Å². The van der Waals surface area contributed by atoms with Crippen LogP contribution >= 0.6 is 0 Å². The van der Waals surface area contributed by atoms with Crippen molar-refractivity contribution in [3.05, 3.63) is 36.0 Å². The van der Waals surface area contributed by atoms with Gasteiger partial charge in [-0.15, -0.1) is 0 Å². The number of carboxylic acid groups (broad SMARTS) is 1. The number of nitrogens with zero attached hydrogens (tertiary/aromatic N) is 2. The minimum absolute atomic E-state index is 0.0647. The molecule has 5 atom stereocenters. The predicted octanol–water partition coefficient (Wildman–Crippen LogP) is 0.919. The lowest BCUT2D eigenvalue weighted by Crippen LogP contribution is -2.59. The minimum atomic E-state index is -1.56. The van der Waals surface area contributed by atoms with Crippen molar-refractivity contribution in [3.63, 3.8) is 0 Å². The summed E-state index contributed by atoms with van der Waals surface area (Å²) in [7, 11) is 1.23. The Hall–Kier alpha value is -4.95. The van der Waals surface area contributed by atoms with Crippen LogP contribution in [-0.2, 0) is 39.9 Å². The van der Waals surface area contributed by atoms with E-state index in [1.807, 2.05) is 13.8 Å².